The molecule has 3 fully saturated rings. The van der Waals surface area contributed by atoms with E-state index in [4.69, 9.17) is 9.84 Å². The molecule has 4 heteroatoms. The van der Waals surface area contributed by atoms with Crippen LogP contribution in [0.3, 0.4) is 0 Å². The van der Waals surface area contributed by atoms with Gasteiger partial charge in [-0.25, -0.2) is 9.59 Å². The molecule has 0 amide bonds. The predicted octanol–water partition coefficient (Wildman–Crippen LogP) is 2.39. The fourth-order valence-corrected chi connectivity index (χ4v) is 4.68. The Labute approximate surface area is 112 Å². The minimum atomic E-state index is -1.12. The molecule has 2 bridgehead atoms. The van der Waals surface area contributed by atoms with Crippen LogP contribution in [0.2, 0.25) is 0 Å². The SMILES string of the molecule is O=C(O)/C=C\C(=O)OC1CC2CC(C1)C1CCCC21. The summed E-state index contributed by atoms with van der Waals surface area (Å²) in [5.41, 5.74) is 0. The number of rotatable bonds is 3. The molecule has 104 valence electrons. The van der Waals surface area contributed by atoms with Gasteiger partial charge in [-0.15, -0.1) is 0 Å². The molecule has 3 saturated carbocycles. The summed E-state index contributed by atoms with van der Waals surface area (Å²) in [6.45, 7) is 0. The van der Waals surface area contributed by atoms with Crippen molar-refractivity contribution in [3.63, 3.8) is 0 Å². The smallest absolute Gasteiger partial charge is 0.331 e. The number of carboxylic acids is 1. The van der Waals surface area contributed by atoms with E-state index < -0.39 is 11.9 Å². The highest BCUT2D eigenvalue weighted by atomic mass is 16.5. The molecule has 0 radical (unpaired) electrons. The maximum absolute atomic E-state index is 11.5. The number of carbonyl (C=O) groups excluding carboxylic acids is 1. The second-order valence-corrected chi connectivity index (χ2v) is 6.22. The van der Waals surface area contributed by atoms with Crippen LogP contribution in [0.1, 0.15) is 38.5 Å². The standard InChI is InChI=1S/C15H20O4/c16-14(17)4-5-15(18)19-11-7-9-6-10(8-11)13-3-1-2-12(9)13/h4-5,9-13H,1-3,6-8H2,(H,16,17)/b5-4-. The van der Waals surface area contributed by atoms with Gasteiger partial charge in [0, 0.05) is 12.2 Å². The normalized spacial score (nSPS) is 40.3. The first-order chi connectivity index (χ1) is 9.13. The summed E-state index contributed by atoms with van der Waals surface area (Å²) in [5, 5.41) is 8.48. The Morgan fingerprint density at radius 1 is 1.00 bits per heavy atom. The van der Waals surface area contributed by atoms with Crippen LogP contribution in [0.5, 0.6) is 0 Å². The van der Waals surface area contributed by atoms with E-state index in [0.29, 0.717) is 0 Å². The van der Waals surface area contributed by atoms with Crippen LogP contribution >= 0.6 is 0 Å². The molecule has 0 spiro atoms. The summed E-state index contributed by atoms with van der Waals surface area (Å²) in [4.78, 5) is 21.9. The lowest BCUT2D eigenvalue weighted by Crippen LogP contribution is -2.27. The number of carboxylic acid groups (broad SMARTS) is 1. The highest BCUT2D eigenvalue weighted by Gasteiger charge is 2.50. The molecule has 4 unspecified atom stereocenters. The molecule has 0 aromatic heterocycles. The number of fused-ring (bicyclic) bond motifs is 5. The monoisotopic (exact) mass is 264 g/mol. The van der Waals surface area contributed by atoms with Gasteiger partial charge in [0.2, 0.25) is 0 Å². The average Bonchev–Trinajstić information content (AvgIpc) is 2.92. The molecule has 0 heterocycles. The Bertz CT molecular complexity index is 396. The Morgan fingerprint density at radius 2 is 1.63 bits per heavy atom. The van der Waals surface area contributed by atoms with Crippen molar-refractivity contribution in [1.82, 2.24) is 0 Å². The van der Waals surface area contributed by atoms with E-state index in [1.165, 1.54) is 25.7 Å². The van der Waals surface area contributed by atoms with Crippen molar-refractivity contribution >= 4 is 11.9 Å². The Morgan fingerprint density at radius 3 is 2.21 bits per heavy atom. The maximum Gasteiger partial charge on any atom is 0.331 e. The third kappa shape index (κ3) is 2.53. The quantitative estimate of drug-likeness (QED) is 0.628. The molecule has 3 rings (SSSR count). The predicted molar refractivity (Wildman–Crippen MR) is 68.3 cm³/mol. The Hall–Kier alpha value is -1.32. The largest absolute Gasteiger partial charge is 0.478 e. The summed E-state index contributed by atoms with van der Waals surface area (Å²) in [5.74, 6) is 1.56. The van der Waals surface area contributed by atoms with Gasteiger partial charge in [0.05, 0.1) is 0 Å². The van der Waals surface area contributed by atoms with E-state index in [9.17, 15) is 9.59 Å². The van der Waals surface area contributed by atoms with Gasteiger partial charge in [0.15, 0.2) is 0 Å². The highest BCUT2D eigenvalue weighted by Crippen LogP contribution is 2.57. The van der Waals surface area contributed by atoms with Crippen LogP contribution < -0.4 is 0 Å². The molecular formula is C15H20O4. The minimum Gasteiger partial charge on any atom is -0.478 e. The molecule has 0 aromatic carbocycles. The third-order valence-electron chi connectivity index (χ3n) is 5.22. The van der Waals surface area contributed by atoms with E-state index in [0.717, 1.165) is 48.7 Å². The first kappa shape index (κ1) is 12.7. The van der Waals surface area contributed by atoms with Crippen molar-refractivity contribution in [3.8, 4) is 0 Å². The van der Waals surface area contributed by atoms with Gasteiger partial charge in [0.25, 0.3) is 0 Å². The zero-order chi connectivity index (χ0) is 13.4. The van der Waals surface area contributed by atoms with E-state index in [-0.39, 0.29) is 6.10 Å². The van der Waals surface area contributed by atoms with Gasteiger partial charge < -0.3 is 9.84 Å². The molecule has 4 atom stereocenters. The molecule has 1 N–H and O–H groups in total. The van der Waals surface area contributed by atoms with Crippen molar-refractivity contribution in [2.24, 2.45) is 23.7 Å². The maximum atomic E-state index is 11.5. The van der Waals surface area contributed by atoms with E-state index in [1.54, 1.807) is 0 Å². The van der Waals surface area contributed by atoms with Crippen LogP contribution in [0.4, 0.5) is 0 Å². The summed E-state index contributed by atoms with van der Waals surface area (Å²) < 4.78 is 5.40. The molecule has 3 aliphatic carbocycles. The van der Waals surface area contributed by atoms with Crippen molar-refractivity contribution in [3.05, 3.63) is 12.2 Å². The lowest BCUT2D eigenvalue weighted by Gasteiger charge is -2.29. The fraction of sp³-hybridized carbons (Fsp3) is 0.733. The number of ether oxygens (including phenoxy) is 1. The number of aliphatic carboxylic acids is 1. The topological polar surface area (TPSA) is 63.6 Å². The third-order valence-corrected chi connectivity index (χ3v) is 5.22. The van der Waals surface area contributed by atoms with E-state index >= 15 is 0 Å². The molecule has 19 heavy (non-hydrogen) atoms. The van der Waals surface area contributed by atoms with Crippen LogP contribution in [-0.2, 0) is 14.3 Å². The average molecular weight is 264 g/mol. The van der Waals surface area contributed by atoms with Crippen molar-refractivity contribution < 1.29 is 19.4 Å². The van der Waals surface area contributed by atoms with Gasteiger partial charge in [-0.05, 0) is 55.8 Å². The van der Waals surface area contributed by atoms with Gasteiger partial charge in [-0.3, -0.25) is 0 Å². The molecule has 4 nitrogen and oxygen atoms in total. The van der Waals surface area contributed by atoms with Crippen LogP contribution in [0.25, 0.3) is 0 Å². The van der Waals surface area contributed by atoms with Gasteiger partial charge in [-0.1, -0.05) is 6.42 Å². The van der Waals surface area contributed by atoms with Crippen LogP contribution in [0, 0.1) is 23.7 Å². The van der Waals surface area contributed by atoms with E-state index in [2.05, 4.69) is 0 Å². The fourth-order valence-electron chi connectivity index (χ4n) is 4.68. The van der Waals surface area contributed by atoms with E-state index in [1.807, 2.05) is 0 Å². The number of hydrogen-bond donors (Lipinski definition) is 1. The highest BCUT2D eigenvalue weighted by molar-refractivity contribution is 5.90. The first-order valence-electron chi connectivity index (χ1n) is 7.25. The summed E-state index contributed by atoms with van der Waals surface area (Å²) in [6, 6.07) is 0. The summed E-state index contributed by atoms with van der Waals surface area (Å²) in [7, 11) is 0. The van der Waals surface area contributed by atoms with Crippen LogP contribution in [0.15, 0.2) is 12.2 Å². The summed E-state index contributed by atoms with van der Waals surface area (Å²) >= 11 is 0. The first-order valence-corrected chi connectivity index (χ1v) is 7.25. The Balaban J connectivity index is 1.57. The zero-order valence-electron chi connectivity index (χ0n) is 11.0. The van der Waals surface area contributed by atoms with Gasteiger partial charge in [0.1, 0.15) is 6.10 Å². The molecule has 3 aliphatic rings. The number of hydrogen-bond acceptors (Lipinski definition) is 3. The second kappa shape index (κ2) is 4.99. The lowest BCUT2D eigenvalue weighted by atomic mass is 9.83. The Kier molecular flexibility index (Phi) is 3.33. The van der Waals surface area contributed by atoms with Crippen molar-refractivity contribution in [2.75, 3.05) is 0 Å². The van der Waals surface area contributed by atoms with Crippen molar-refractivity contribution in [2.45, 2.75) is 44.6 Å². The zero-order valence-corrected chi connectivity index (χ0v) is 11.0. The molecular weight excluding hydrogens is 244 g/mol. The molecule has 0 aromatic rings. The number of esters is 1. The summed E-state index contributed by atoms with van der Waals surface area (Å²) in [6.07, 6.45) is 9.20. The molecule has 0 saturated heterocycles. The number of carbonyl (C=O) groups is 2. The lowest BCUT2D eigenvalue weighted by molar-refractivity contribution is -0.146. The molecule has 0 aliphatic heterocycles. The van der Waals surface area contributed by atoms with Gasteiger partial charge >= 0.3 is 11.9 Å². The van der Waals surface area contributed by atoms with Gasteiger partial charge in [-0.2, -0.15) is 0 Å². The van der Waals surface area contributed by atoms with Crippen LogP contribution in [-0.4, -0.2) is 23.1 Å². The van der Waals surface area contributed by atoms with Crippen molar-refractivity contribution in [1.29, 1.82) is 0 Å². The minimum absolute atomic E-state index is 0.000273. The second-order valence-electron chi connectivity index (χ2n) is 6.22.